The Morgan fingerprint density at radius 1 is 0.568 bits per heavy atom. The van der Waals surface area contributed by atoms with Crippen molar-refractivity contribution in [3.8, 4) is 0 Å². The maximum Gasteiger partial charge on any atom is -0.147 e. The van der Waals surface area contributed by atoms with Crippen LogP contribution in [0.2, 0.25) is 4.63 Å². The van der Waals surface area contributed by atoms with Gasteiger partial charge in [-0.05, 0) is 0 Å². The SMILES string of the molecule is CC1=[C]([Zr]([CH3])(=[GeH2])([C]2=C(C)C(c3ccccc3)=CC2C)[c]2ccccc2)C(C)C=C1c1ccccc1.Cl.Cl. The summed E-state index contributed by atoms with van der Waals surface area (Å²) in [7, 11) is 0. The number of hydrogen-bond donors (Lipinski definition) is 0. The van der Waals surface area contributed by atoms with Crippen molar-refractivity contribution in [2.45, 2.75) is 32.3 Å². The minimum absolute atomic E-state index is 0. The molecule has 192 valence electrons. The van der Waals surface area contributed by atoms with Gasteiger partial charge >= 0.3 is 218 Å². The summed E-state index contributed by atoms with van der Waals surface area (Å²) in [4.78, 5) is 0. The third kappa shape index (κ3) is 4.91. The Morgan fingerprint density at radius 3 is 1.24 bits per heavy atom. The second kappa shape index (κ2) is 11.4. The second-order valence-electron chi connectivity index (χ2n) is 10.9. The number of benzene rings is 3. The van der Waals surface area contributed by atoms with Crippen LogP contribution < -0.4 is 3.27 Å². The molecule has 4 heteroatoms. The summed E-state index contributed by atoms with van der Waals surface area (Å²) in [5, 5.41) is 0. The van der Waals surface area contributed by atoms with Crippen molar-refractivity contribution >= 4 is 51.4 Å². The van der Waals surface area contributed by atoms with E-state index in [4.69, 9.17) is 0 Å². The Bertz CT molecular complexity index is 1390. The topological polar surface area (TPSA) is 0 Å². The zero-order valence-electron chi connectivity index (χ0n) is 22.5. The fourth-order valence-corrected chi connectivity index (χ4v) is 41.9. The van der Waals surface area contributed by atoms with E-state index < -0.39 is 15.7 Å². The molecule has 0 aliphatic heterocycles. The number of halogens is 2. The molecule has 2 unspecified atom stereocenters. The van der Waals surface area contributed by atoms with E-state index in [1.54, 1.807) is 9.83 Å². The summed E-state index contributed by atoms with van der Waals surface area (Å²) in [5.74, 6) is 0.922. The van der Waals surface area contributed by atoms with Gasteiger partial charge in [0, 0.05) is 0 Å². The van der Waals surface area contributed by atoms with Crippen LogP contribution in [0.1, 0.15) is 38.8 Å². The summed E-state index contributed by atoms with van der Waals surface area (Å²) in [5.41, 5.74) is 8.66. The summed E-state index contributed by atoms with van der Waals surface area (Å²) in [6.07, 6.45) is 5.10. The molecule has 3 aromatic carbocycles. The van der Waals surface area contributed by atoms with E-state index >= 15 is 0 Å². The van der Waals surface area contributed by atoms with Gasteiger partial charge in [0.2, 0.25) is 0 Å². The Labute approximate surface area is 241 Å². The zero-order valence-corrected chi connectivity index (χ0v) is 29.6. The molecule has 0 nitrogen and oxygen atoms in total. The molecule has 0 aromatic heterocycles. The van der Waals surface area contributed by atoms with E-state index in [2.05, 4.69) is 135 Å². The summed E-state index contributed by atoms with van der Waals surface area (Å²) in [6.45, 7) is 9.72. The van der Waals surface area contributed by atoms with Gasteiger partial charge < -0.3 is 0 Å². The van der Waals surface area contributed by atoms with E-state index in [0.29, 0.717) is 11.8 Å². The zero-order chi connectivity index (χ0) is 24.8. The summed E-state index contributed by atoms with van der Waals surface area (Å²) < 4.78 is 7.94. The van der Waals surface area contributed by atoms with Crippen molar-refractivity contribution in [1.82, 2.24) is 0 Å². The van der Waals surface area contributed by atoms with E-state index in [9.17, 15) is 0 Å². The van der Waals surface area contributed by atoms with Crippen LogP contribution in [0.25, 0.3) is 11.1 Å². The summed E-state index contributed by atoms with van der Waals surface area (Å²) >= 11 is -2.49. The minimum Gasteiger partial charge on any atom is -0.147 e. The first-order valence-electron chi connectivity index (χ1n) is 12.8. The van der Waals surface area contributed by atoms with Crippen molar-refractivity contribution in [2.24, 2.45) is 11.8 Å². The largest absolute Gasteiger partial charge is 0.147 e. The molecule has 0 radical (unpaired) electrons. The third-order valence-electron chi connectivity index (χ3n) is 8.54. The van der Waals surface area contributed by atoms with Gasteiger partial charge in [0.25, 0.3) is 0 Å². The maximum atomic E-state index is 2.75. The molecule has 2 aliphatic carbocycles. The van der Waals surface area contributed by atoms with Gasteiger partial charge in [0.1, 0.15) is 0 Å². The number of rotatable bonds is 5. The molecule has 0 spiro atoms. The van der Waals surface area contributed by atoms with Crippen LogP contribution in [-0.4, -0.2) is 12.1 Å². The van der Waals surface area contributed by atoms with Crippen LogP contribution in [0, 0.1) is 11.8 Å². The van der Waals surface area contributed by atoms with Gasteiger partial charge in [-0.1, -0.05) is 0 Å². The molecule has 0 saturated heterocycles. The third-order valence-corrected chi connectivity index (χ3v) is 39.0. The molecule has 0 fully saturated rings. The molecule has 0 saturated carbocycles. The average molecular weight is 669 g/mol. The smallest absolute Gasteiger partial charge is 0.147 e. The van der Waals surface area contributed by atoms with Crippen molar-refractivity contribution < 1.29 is 15.7 Å². The van der Waals surface area contributed by atoms with Gasteiger partial charge in [-0.15, -0.1) is 24.8 Å². The molecular weight excluding hydrogens is 631 g/mol. The monoisotopic (exact) mass is 668 g/mol. The second-order valence-corrected chi connectivity index (χ2v) is 46.8. The minimum atomic E-state index is -3.83. The molecule has 0 amide bonds. The molecule has 0 heterocycles. The molecular formula is C33H38Cl2GeZr. The molecule has 2 atom stereocenters. The molecule has 2 aliphatic rings. The predicted octanol–water partition coefficient (Wildman–Crippen LogP) is 8.46. The van der Waals surface area contributed by atoms with Crippen LogP contribution >= 0.6 is 24.8 Å². The number of allylic oxidation sites excluding steroid dienone is 8. The molecule has 3 aromatic rings. The normalized spacial score (nSPS) is 19.7. The van der Waals surface area contributed by atoms with Gasteiger partial charge in [0.15, 0.2) is 0 Å². The van der Waals surface area contributed by atoms with E-state index in [1.165, 1.54) is 45.6 Å². The van der Waals surface area contributed by atoms with Crippen molar-refractivity contribution in [3.05, 3.63) is 132 Å². The quantitative estimate of drug-likeness (QED) is 0.239. The van der Waals surface area contributed by atoms with Crippen LogP contribution in [0.3, 0.4) is 0 Å². The van der Waals surface area contributed by atoms with Crippen LogP contribution in [0.15, 0.2) is 121 Å². The van der Waals surface area contributed by atoms with Gasteiger partial charge in [0.05, 0.1) is 0 Å². The van der Waals surface area contributed by atoms with Gasteiger partial charge in [-0.2, -0.15) is 0 Å². The molecule has 5 rings (SSSR count). The summed E-state index contributed by atoms with van der Waals surface area (Å²) in [6, 6.07) is 33.6. The first kappa shape index (κ1) is 30.2. The Kier molecular flexibility index (Phi) is 9.29. The van der Waals surface area contributed by atoms with Gasteiger partial charge in [-0.25, -0.2) is 0 Å². The predicted molar refractivity (Wildman–Crippen MR) is 168 cm³/mol. The molecule has 37 heavy (non-hydrogen) atoms. The average Bonchev–Trinajstić information content (AvgIpc) is 3.36. The Balaban J connectivity index is 0.00000190. The van der Waals surface area contributed by atoms with Gasteiger partial charge in [-0.3, -0.25) is 0 Å². The molecule has 0 N–H and O–H groups in total. The molecule has 0 bridgehead atoms. The van der Waals surface area contributed by atoms with Crippen LogP contribution in [-0.2, 0) is 15.7 Å². The van der Waals surface area contributed by atoms with E-state index in [-0.39, 0.29) is 24.8 Å². The van der Waals surface area contributed by atoms with Crippen LogP contribution in [0.5, 0.6) is 0 Å². The standard InChI is InChI=1S/2C13H13.C6H5.CH3.2ClH.GeH2.Zr/c2*1-10-8-11(2)13(9-10)12-6-4-3-5-7-12;1-2-4-6-5-3-1;;;;;/h2*3-7,9-10H,1-2H3;1-5H;1H3;2*1H;1H2;. The Hall–Kier alpha value is -1.37. The first-order chi connectivity index (χ1) is 16.7. The van der Waals surface area contributed by atoms with Crippen molar-refractivity contribution in [3.63, 3.8) is 0 Å². The first-order valence-corrected chi connectivity index (χ1v) is 29.5. The van der Waals surface area contributed by atoms with E-state index in [0.717, 1.165) is 0 Å². The fourth-order valence-electron chi connectivity index (χ4n) is 7.34. The fraction of sp³-hybridized carbons (Fsp3) is 0.212. The number of hydrogen-bond acceptors (Lipinski definition) is 0. The van der Waals surface area contributed by atoms with Crippen molar-refractivity contribution in [2.75, 3.05) is 0 Å². The Morgan fingerprint density at radius 2 is 0.892 bits per heavy atom. The van der Waals surface area contributed by atoms with E-state index in [1.807, 2.05) is 0 Å². The maximum absolute atomic E-state index is 3.83. The van der Waals surface area contributed by atoms with Crippen LogP contribution in [0.4, 0.5) is 0 Å². The van der Waals surface area contributed by atoms with Crippen molar-refractivity contribution in [1.29, 1.82) is 0 Å².